The summed E-state index contributed by atoms with van der Waals surface area (Å²) in [6.45, 7) is 0.211. The molecule has 0 N–H and O–H groups in total. The van der Waals surface area contributed by atoms with Crippen LogP contribution in [0.2, 0.25) is 5.15 Å². The van der Waals surface area contributed by atoms with Gasteiger partial charge in [0.25, 0.3) is 0 Å². The number of hydrogen-bond donors (Lipinski definition) is 0. The third-order valence-electron chi connectivity index (χ3n) is 2.09. The van der Waals surface area contributed by atoms with Crippen LogP contribution in [0.4, 0.5) is 8.78 Å². The molecule has 0 fully saturated rings. The fraction of sp³-hybridized carbons (Fsp3) is 0.0833. The molecule has 0 unspecified atom stereocenters. The first-order chi connectivity index (χ1) is 8.15. The van der Waals surface area contributed by atoms with E-state index in [1.807, 2.05) is 0 Å². The van der Waals surface area contributed by atoms with Gasteiger partial charge in [-0.15, -0.1) is 0 Å². The minimum absolute atomic E-state index is 0.195. The zero-order valence-electron chi connectivity index (χ0n) is 8.66. The SMILES string of the molecule is Fc1ccc(COc2cnc(Cl)c(F)c2)cc1. The van der Waals surface area contributed by atoms with Crippen LogP contribution in [0.3, 0.4) is 0 Å². The van der Waals surface area contributed by atoms with Crippen molar-refractivity contribution >= 4 is 11.6 Å². The third-order valence-corrected chi connectivity index (χ3v) is 2.37. The van der Waals surface area contributed by atoms with E-state index in [0.717, 1.165) is 11.6 Å². The van der Waals surface area contributed by atoms with Gasteiger partial charge < -0.3 is 4.74 Å². The quantitative estimate of drug-likeness (QED) is 0.782. The molecule has 5 heteroatoms. The Balaban J connectivity index is 2.02. The van der Waals surface area contributed by atoms with E-state index in [1.54, 1.807) is 12.1 Å². The maximum atomic E-state index is 13.0. The molecule has 1 aromatic heterocycles. The van der Waals surface area contributed by atoms with Crippen molar-refractivity contribution in [2.24, 2.45) is 0 Å². The second-order valence-electron chi connectivity index (χ2n) is 3.36. The first kappa shape index (κ1) is 11.8. The summed E-state index contributed by atoms with van der Waals surface area (Å²) in [7, 11) is 0. The Morgan fingerprint density at radius 1 is 1.18 bits per heavy atom. The minimum Gasteiger partial charge on any atom is -0.487 e. The van der Waals surface area contributed by atoms with Crippen LogP contribution >= 0.6 is 11.6 Å². The molecule has 2 nitrogen and oxygen atoms in total. The average molecular weight is 256 g/mol. The fourth-order valence-corrected chi connectivity index (χ4v) is 1.33. The Bertz CT molecular complexity index is 516. The predicted octanol–water partition coefficient (Wildman–Crippen LogP) is 3.59. The van der Waals surface area contributed by atoms with Crippen molar-refractivity contribution in [1.29, 1.82) is 0 Å². The monoisotopic (exact) mass is 255 g/mol. The van der Waals surface area contributed by atoms with Crippen LogP contribution in [0.5, 0.6) is 5.75 Å². The largest absolute Gasteiger partial charge is 0.487 e. The van der Waals surface area contributed by atoms with Gasteiger partial charge in [-0.25, -0.2) is 13.8 Å². The van der Waals surface area contributed by atoms with Crippen LogP contribution in [0.25, 0.3) is 0 Å². The molecule has 0 saturated heterocycles. The van der Waals surface area contributed by atoms with E-state index in [-0.39, 0.29) is 23.3 Å². The first-order valence-electron chi connectivity index (χ1n) is 4.83. The molecule has 0 atom stereocenters. The van der Waals surface area contributed by atoms with E-state index in [4.69, 9.17) is 16.3 Å². The molecule has 0 aliphatic carbocycles. The van der Waals surface area contributed by atoms with E-state index < -0.39 is 5.82 Å². The van der Waals surface area contributed by atoms with Crippen molar-refractivity contribution in [3.63, 3.8) is 0 Å². The number of ether oxygens (including phenoxy) is 1. The number of benzene rings is 1. The first-order valence-corrected chi connectivity index (χ1v) is 5.21. The van der Waals surface area contributed by atoms with Gasteiger partial charge in [-0.05, 0) is 17.7 Å². The highest BCUT2D eigenvalue weighted by Gasteiger charge is 2.03. The normalized spacial score (nSPS) is 10.3. The van der Waals surface area contributed by atoms with Gasteiger partial charge in [0, 0.05) is 6.07 Å². The Kier molecular flexibility index (Phi) is 3.54. The lowest BCUT2D eigenvalue weighted by Crippen LogP contribution is -1.96. The van der Waals surface area contributed by atoms with Gasteiger partial charge in [-0.3, -0.25) is 0 Å². The predicted molar refractivity (Wildman–Crippen MR) is 59.9 cm³/mol. The van der Waals surface area contributed by atoms with Crippen LogP contribution in [0, 0.1) is 11.6 Å². The summed E-state index contributed by atoms with van der Waals surface area (Å²) in [4.78, 5) is 3.61. The molecule has 1 heterocycles. The van der Waals surface area contributed by atoms with Crippen LogP contribution in [-0.2, 0) is 6.61 Å². The Labute approximate surface area is 102 Å². The second-order valence-corrected chi connectivity index (χ2v) is 3.72. The zero-order valence-corrected chi connectivity index (χ0v) is 9.42. The summed E-state index contributed by atoms with van der Waals surface area (Å²) in [6, 6.07) is 7.00. The van der Waals surface area contributed by atoms with Gasteiger partial charge in [0.2, 0.25) is 0 Å². The lowest BCUT2D eigenvalue weighted by Gasteiger charge is -2.06. The highest BCUT2D eigenvalue weighted by Crippen LogP contribution is 2.18. The smallest absolute Gasteiger partial charge is 0.164 e. The molecular formula is C12H8ClF2NO. The summed E-state index contributed by atoms with van der Waals surface area (Å²) in [6.07, 6.45) is 1.33. The van der Waals surface area contributed by atoms with E-state index in [2.05, 4.69) is 4.98 Å². The number of nitrogens with zero attached hydrogens (tertiary/aromatic N) is 1. The van der Waals surface area contributed by atoms with Crippen molar-refractivity contribution < 1.29 is 13.5 Å². The molecule has 2 aromatic rings. The summed E-state index contributed by atoms with van der Waals surface area (Å²) in [5, 5.41) is -0.195. The van der Waals surface area contributed by atoms with Crippen LogP contribution in [0.15, 0.2) is 36.5 Å². The Morgan fingerprint density at radius 3 is 2.53 bits per heavy atom. The van der Waals surface area contributed by atoms with E-state index in [9.17, 15) is 8.78 Å². The molecule has 1 aromatic carbocycles. The fourth-order valence-electron chi connectivity index (χ4n) is 1.23. The van der Waals surface area contributed by atoms with Gasteiger partial charge in [-0.2, -0.15) is 0 Å². The maximum Gasteiger partial charge on any atom is 0.164 e. The minimum atomic E-state index is -0.636. The third kappa shape index (κ3) is 3.14. The van der Waals surface area contributed by atoms with Crippen LogP contribution in [-0.4, -0.2) is 4.98 Å². The standard InChI is InChI=1S/C12H8ClF2NO/c13-12-11(15)5-10(6-16-12)17-7-8-1-3-9(14)4-2-8/h1-6H,7H2. The molecule has 0 bridgehead atoms. The Hall–Kier alpha value is -1.68. The maximum absolute atomic E-state index is 13.0. The highest BCUT2D eigenvalue weighted by atomic mass is 35.5. The van der Waals surface area contributed by atoms with Gasteiger partial charge >= 0.3 is 0 Å². The number of rotatable bonds is 3. The summed E-state index contributed by atoms with van der Waals surface area (Å²) in [5.41, 5.74) is 0.779. The van der Waals surface area contributed by atoms with Crippen molar-refractivity contribution in [3.8, 4) is 5.75 Å². The number of halogens is 3. The van der Waals surface area contributed by atoms with Crippen LogP contribution in [0.1, 0.15) is 5.56 Å². The molecule has 2 rings (SSSR count). The summed E-state index contributed by atoms with van der Waals surface area (Å²) >= 11 is 5.43. The number of pyridine rings is 1. The molecule has 0 aliphatic heterocycles. The molecule has 17 heavy (non-hydrogen) atoms. The van der Waals surface area contributed by atoms with E-state index >= 15 is 0 Å². The molecular weight excluding hydrogens is 248 g/mol. The molecule has 88 valence electrons. The van der Waals surface area contributed by atoms with Gasteiger partial charge in [0.15, 0.2) is 11.0 Å². The average Bonchev–Trinajstić information content (AvgIpc) is 2.33. The molecule has 0 amide bonds. The van der Waals surface area contributed by atoms with E-state index in [1.165, 1.54) is 18.3 Å². The highest BCUT2D eigenvalue weighted by molar-refractivity contribution is 6.29. The van der Waals surface area contributed by atoms with Crippen molar-refractivity contribution in [2.75, 3.05) is 0 Å². The van der Waals surface area contributed by atoms with Gasteiger partial charge in [0.1, 0.15) is 18.2 Å². The zero-order chi connectivity index (χ0) is 12.3. The molecule has 0 saturated carbocycles. The summed E-state index contributed by atoms with van der Waals surface area (Å²) in [5.74, 6) is -0.674. The van der Waals surface area contributed by atoms with Crippen LogP contribution < -0.4 is 4.74 Å². The second kappa shape index (κ2) is 5.10. The molecule has 0 radical (unpaired) electrons. The number of aromatic nitrogens is 1. The summed E-state index contributed by atoms with van der Waals surface area (Å²) < 4.78 is 31.0. The van der Waals surface area contributed by atoms with Crippen molar-refractivity contribution in [2.45, 2.75) is 6.61 Å². The van der Waals surface area contributed by atoms with Gasteiger partial charge in [0.05, 0.1) is 6.20 Å². The van der Waals surface area contributed by atoms with E-state index in [0.29, 0.717) is 0 Å². The van der Waals surface area contributed by atoms with Crippen molar-refractivity contribution in [1.82, 2.24) is 4.98 Å². The Morgan fingerprint density at radius 2 is 1.88 bits per heavy atom. The van der Waals surface area contributed by atoms with Crippen molar-refractivity contribution in [3.05, 3.63) is 58.9 Å². The molecule has 0 spiro atoms. The number of hydrogen-bond acceptors (Lipinski definition) is 2. The lowest BCUT2D eigenvalue weighted by molar-refractivity contribution is 0.303. The molecule has 0 aliphatic rings. The topological polar surface area (TPSA) is 22.1 Å². The van der Waals surface area contributed by atoms with Gasteiger partial charge in [-0.1, -0.05) is 23.7 Å². The lowest BCUT2D eigenvalue weighted by atomic mass is 10.2.